The predicted octanol–water partition coefficient (Wildman–Crippen LogP) is 7.16. The van der Waals surface area contributed by atoms with E-state index in [9.17, 15) is 0 Å². The third-order valence-corrected chi connectivity index (χ3v) is 6.55. The molecule has 0 saturated carbocycles. The molecule has 1 aliphatic carbocycles. The van der Waals surface area contributed by atoms with E-state index in [1.54, 1.807) is 7.11 Å². The highest BCUT2D eigenvalue weighted by atomic mass is 16.5. The Morgan fingerprint density at radius 1 is 1.00 bits per heavy atom. The smallest absolute Gasteiger partial charge is 0.134 e. The highest BCUT2D eigenvalue weighted by Crippen LogP contribution is 2.40. The summed E-state index contributed by atoms with van der Waals surface area (Å²) in [4.78, 5) is 2.68. The van der Waals surface area contributed by atoms with Crippen LogP contribution in [0.15, 0.2) is 52.9 Å². The van der Waals surface area contributed by atoms with Crippen molar-refractivity contribution < 1.29 is 9.15 Å². The van der Waals surface area contributed by atoms with E-state index in [4.69, 9.17) is 9.15 Å². The van der Waals surface area contributed by atoms with Gasteiger partial charge in [-0.25, -0.2) is 0 Å². The van der Waals surface area contributed by atoms with Crippen LogP contribution < -0.4 is 4.74 Å². The third-order valence-electron chi connectivity index (χ3n) is 6.55. The minimum atomic E-state index is 0.774. The maximum atomic E-state index is 6.12. The first-order valence-corrected chi connectivity index (χ1v) is 12.4. The maximum absolute atomic E-state index is 6.12. The Kier molecular flexibility index (Phi) is 8.81. The van der Waals surface area contributed by atoms with Crippen molar-refractivity contribution in [3.63, 3.8) is 0 Å². The van der Waals surface area contributed by atoms with Crippen molar-refractivity contribution in [2.24, 2.45) is 17.8 Å². The lowest BCUT2D eigenvalue weighted by atomic mass is 9.74. The molecule has 0 spiro atoms. The van der Waals surface area contributed by atoms with Crippen LogP contribution in [0.3, 0.4) is 0 Å². The summed E-state index contributed by atoms with van der Waals surface area (Å²) in [6.07, 6.45) is 3.71. The van der Waals surface area contributed by atoms with Crippen LogP contribution in [-0.2, 0) is 12.8 Å². The van der Waals surface area contributed by atoms with Crippen molar-refractivity contribution in [1.82, 2.24) is 4.90 Å². The fourth-order valence-electron chi connectivity index (χ4n) is 5.05. The monoisotopic (exact) mass is 435 g/mol. The number of hydrogen-bond donors (Lipinski definition) is 0. The van der Waals surface area contributed by atoms with Crippen molar-refractivity contribution in [2.45, 2.75) is 53.9 Å². The Hall–Kier alpha value is -2.26. The summed E-state index contributed by atoms with van der Waals surface area (Å²) < 4.78 is 11.1. The Morgan fingerprint density at radius 3 is 2.41 bits per heavy atom. The molecular formula is C29H41NO2. The second kappa shape index (κ2) is 11.6. The highest BCUT2D eigenvalue weighted by molar-refractivity contribution is 5.82. The van der Waals surface area contributed by atoms with E-state index in [1.807, 2.05) is 38.1 Å². The average Bonchev–Trinajstić information content (AvgIpc) is 3.17. The molecule has 3 aromatic rings. The Balaban J connectivity index is 0.000000222. The van der Waals surface area contributed by atoms with Gasteiger partial charge in [-0.2, -0.15) is 0 Å². The van der Waals surface area contributed by atoms with Crippen LogP contribution in [0.5, 0.6) is 5.75 Å². The van der Waals surface area contributed by atoms with Crippen molar-refractivity contribution in [1.29, 1.82) is 0 Å². The zero-order valence-corrected chi connectivity index (χ0v) is 20.9. The standard InChI is InChI=1S/C19H25NO.C8H10O.C2H6/c1-13(2)11-20-8-7-14-10-19-17(9-15(14)12-20)16-5-3-4-6-18(16)21-19;1-7-3-5-8(9-2)6-4-7;1-2/h3-6,13-15H,7-12H2,1-2H3;3-6H,1-2H3;1-2H3. The third kappa shape index (κ3) is 5.95. The molecule has 2 aromatic carbocycles. The van der Waals surface area contributed by atoms with Crippen molar-refractivity contribution in [2.75, 3.05) is 26.7 Å². The zero-order valence-electron chi connectivity index (χ0n) is 20.9. The van der Waals surface area contributed by atoms with Gasteiger partial charge in [0, 0.05) is 30.5 Å². The molecule has 2 atom stereocenters. The van der Waals surface area contributed by atoms with Crippen LogP contribution in [-0.4, -0.2) is 31.6 Å². The summed E-state index contributed by atoms with van der Waals surface area (Å²) in [7, 11) is 1.67. The van der Waals surface area contributed by atoms with Crippen LogP contribution in [0.25, 0.3) is 11.0 Å². The van der Waals surface area contributed by atoms with Crippen molar-refractivity contribution in [3.8, 4) is 5.75 Å². The molecule has 1 aromatic heterocycles. The molecule has 1 aliphatic heterocycles. The van der Waals surface area contributed by atoms with Gasteiger partial charge in [-0.15, -0.1) is 0 Å². The topological polar surface area (TPSA) is 25.6 Å². The second-order valence-corrected chi connectivity index (χ2v) is 9.39. The number of hydrogen-bond acceptors (Lipinski definition) is 3. The molecule has 0 bridgehead atoms. The molecule has 3 nitrogen and oxygen atoms in total. The minimum Gasteiger partial charge on any atom is -0.497 e. The number of furan rings is 1. The lowest BCUT2D eigenvalue weighted by Gasteiger charge is -2.41. The van der Waals surface area contributed by atoms with E-state index >= 15 is 0 Å². The summed E-state index contributed by atoms with van der Waals surface area (Å²) in [6.45, 7) is 14.5. The van der Waals surface area contributed by atoms with Crippen molar-refractivity contribution in [3.05, 3.63) is 65.4 Å². The number of rotatable bonds is 3. The molecule has 32 heavy (non-hydrogen) atoms. The molecule has 1 fully saturated rings. The Morgan fingerprint density at radius 2 is 1.72 bits per heavy atom. The number of benzene rings is 2. The summed E-state index contributed by atoms with van der Waals surface area (Å²) in [5.41, 5.74) is 3.84. The van der Waals surface area contributed by atoms with Gasteiger partial charge in [-0.3, -0.25) is 0 Å². The van der Waals surface area contributed by atoms with E-state index in [0.717, 1.165) is 35.5 Å². The van der Waals surface area contributed by atoms with E-state index in [1.165, 1.54) is 54.7 Å². The fourth-order valence-corrected chi connectivity index (χ4v) is 5.05. The van der Waals surface area contributed by atoms with Gasteiger partial charge in [0.1, 0.15) is 17.1 Å². The van der Waals surface area contributed by atoms with Gasteiger partial charge in [0.2, 0.25) is 0 Å². The molecule has 1 saturated heterocycles. The van der Waals surface area contributed by atoms with E-state index in [2.05, 4.69) is 49.9 Å². The Bertz CT molecular complexity index is 957. The molecule has 0 amide bonds. The number of piperidine rings is 1. The van der Waals surface area contributed by atoms with Gasteiger partial charge in [0.25, 0.3) is 0 Å². The average molecular weight is 436 g/mol. The van der Waals surface area contributed by atoms with Crippen LogP contribution in [0.1, 0.15) is 51.0 Å². The summed E-state index contributed by atoms with van der Waals surface area (Å²) in [6, 6.07) is 16.5. The molecule has 0 radical (unpaired) electrons. The number of nitrogens with zero attached hydrogens (tertiary/aromatic N) is 1. The molecule has 2 unspecified atom stereocenters. The first-order valence-electron chi connectivity index (χ1n) is 12.4. The number of likely N-dealkylation sites (tertiary alicyclic amines) is 1. The van der Waals surface area contributed by atoms with E-state index in [-0.39, 0.29) is 0 Å². The van der Waals surface area contributed by atoms with Crippen LogP contribution in [0.2, 0.25) is 0 Å². The molecule has 2 heterocycles. The lowest BCUT2D eigenvalue weighted by molar-refractivity contribution is 0.0980. The number of fused-ring (bicyclic) bond motifs is 4. The van der Waals surface area contributed by atoms with Crippen molar-refractivity contribution >= 4 is 11.0 Å². The second-order valence-electron chi connectivity index (χ2n) is 9.39. The molecule has 5 rings (SSSR count). The number of methoxy groups -OCH3 is 1. The van der Waals surface area contributed by atoms with Crippen LogP contribution in [0.4, 0.5) is 0 Å². The maximum Gasteiger partial charge on any atom is 0.134 e. The summed E-state index contributed by atoms with van der Waals surface area (Å²) >= 11 is 0. The van der Waals surface area contributed by atoms with Gasteiger partial charge in [-0.1, -0.05) is 63.6 Å². The first kappa shape index (κ1) is 24.4. The fraction of sp³-hybridized carbons (Fsp3) is 0.517. The summed E-state index contributed by atoms with van der Waals surface area (Å²) in [5, 5.41) is 1.35. The van der Waals surface area contributed by atoms with E-state index in [0.29, 0.717) is 0 Å². The molecule has 174 valence electrons. The predicted molar refractivity (Wildman–Crippen MR) is 136 cm³/mol. The Labute approximate surface area is 194 Å². The largest absolute Gasteiger partial charge is 0.497 e. The van der Waals surface area contributed by atoms with Crippen LogP contribution >= 0.6 is 0 Å². The minimum absolute atomic E-state index is 0.774. The van der Waals surface area contributed by atoms with Gasteiger partial charge in [0.05, 0.1) is 7.11 Å². The van der Waals surface area contributed by atoms with E-state index < -0.39 is 0 Å². The SMILES string of the molecule is CC.CC(C)CN1CCC2Cc3oc4ccccc4c3CC2C1.COc1ccc(C)cc1. The molecule has 3 heteroatoms. The lowest BCUT2D eigenvalue weighted by Crippen LogP contribution is -2.44. The highest BCUT2D eigenvalue weighted by Gasteiger charge is 2.36. The first-order chi connectivity index (χ1) is 15.5. The molecule has 0 N–H and O–H groups in total. The molecule has 2 aliphatic rings. The zero-order chi connectivity index (χ0) is 23.1. The summed E-state index contributed by atoms with van der Waals surface area (Å²) in [5.74, 6) is 4.62. The van der Waals surface area contributed by atoms with Gasteiger partial charge in [-0.05, 0) is 62.3 Å². The van der Waals surface area contributed by atoms with Crippen LogP contribution in [0, 0.1) is 24.7 Å². The van der Waals surface area contributed by atoms with Gasteiger partial charge < -0.3 is 14.1 Å². The normalized spacial score (nSPS) is 19.8. The number of aryl methyl sites for hydroxylation is 1. The van der Waals surface area contributed by atoms with Gasteiger partial charge >= 0.3 is 0 Å². The van der Waals surface area contributed by atoms with Gasteiger partial charge in [0.15, 0.2) is 0 Å². The number of para-hydroxylation sites is 1. The number of ether oxygens (including phenoxy) is 1. The quantitative estimate of drug-likeness (QED) is 0.436. The molecular weight excluding hydrogens is 394 g/mol.